The SMILES string of the molecule is O=C1c2ccccc2[C@H]2c3[nH]c4ccccc4c3[C@H](c3c(F)cccc3Cl)CN12. The molecule has 5 heteroatoms. The lowest BCUT2D eigenvalue weighted by Crippen LogP contribution is -2.38. The third-order valence-electron chi connectivity index (χ3n) is 6.18. The van der Waals surface area contributed by atoms with E-state index in [1.807, 2.05) is 53.4 Å². The molecule has 1 N–H and O–H groups in total. The fourth-order valence-corrected chi connectivity index (χ4v) is 5.31. The molecule has 2 atom stereocenters. The molecule has 0 aliphatic carbocycles. The van der Waals surface area contributed by atoms with Gasteiger partial charge >= 0.3 is 0 Å². The summed E-state index contributed by atoms with van der Waals surface area (Å²) >= 11 is 6.46. The molecule has 142 valence electrons. The van der Waals surface area contributed by atoms with Crippen molar-refractivity contribution in [3.63, 3.8) is 0 Å². The van der Waals surface area contributed by atoms with Gasteiger partial charge in [-0.2, -0.15) is 0 Å². The average molecular weight is 403 g/mol. The summed E-state index contributed by atoms with van der Waals surface area (Å²) in [4.78, 5) is 18.6. The zero-order valence-electron chi connectivity index (χ0n) is 15.3. The quantitative estimate of drug-likeness (QED) is 0.438. The van der Waals surface area contributed by atoms with Crippen molar-refractivity contribution in [2.75, 3.05) is 6.54 Å². The van der Waals surface area contributed by atoms with Crippen LogP contribution in [-0.2, 0) is 0 Å². The number of para-hydroxylation sites is 1. The summed E-state index contributed by atoms with van der Waals surface area (Å²) in [6.07, 6.45) is 0. The first-order valence-corrected chi connectivity index (χ1v) is 9.97. The molecule has 3 aromatic carbocycles. The maximum atomic E-state index is 14.9. The van der Waals surface area contributed by atoms with E-state index in [9.17, 15) is 9.18 Å². The fraction of sp³-hybridized carbons (Fsp3) is 0.125. The molecule has 3 nitrogen and oxygen atoms in total. The third kappa shape index (κ3) is 2.21. The van der Waals surface area contributed by atoms with Gasteiger partial charge in [0, 0.05) is 45.2 Å². The number of hydrogen-bond acceptors (Lipinski definition) is 1. The zero-order chi connectivity index (χ0) is 19.7. The van der Waals surface area contributed by atoms with Crippen molar-refractivity contribution in [1.82, 2.24) is 9.88 Å². The number of nitrogens with zero attached hydrogens (tertiary/aromatic N) is 1. The lowest BCUT2D eigenvalue weighted by molar-refractivity contribution is 0.0727. The molecule has 4 aromatic rings. The minimum absolute atomic E-state index is 0.0210. The van der Waals surface area contributed by atoms with Crippen LogP contribution in [-0.4, -0.2) is 22.3 Å². The Morgan fingerprint density at radius 3 is 2.62 bits per heavy atom. The molecule has 0 bridgehead atoms. The van der Waals surface area contributed by atoms with Crippen LogP contribution in [0, 0.1) is 5.82 Å². The van der Waals surface area contributed by atoms with Gasteiger partial charge in [0.05, 0.1) is 6.04 Å². The number of fused-ring (bicyclic) bond motifs is 7. The van der Waals surface area contributed by atoms with Gasteiger partial charge < -0.3 is 9.88 Å². The van der Waals surface area contributed by atoms with Gasteiger partial charge in [0.25, 0.3) is 5.91 Å². The molecule has 0 fully saturated rings. The van der Waals surface area contributed by atoms with Crippen LogP contribution in [0.1, 0.15) is 44.7 Å². The van der Waals surface area contributed by atoms with Gasteiger partial charge in [0.15, 0.2) is 0 Å². The molecule has 0 saturated heterocycles. The molecule has 0 saturated carbocycles. The van der Waals surface area contributed by atoms with Crippen molar-refractivity contribution in [3.8, 4) is 0 Å². The predicted octanol–water partition coefficient (Wildman–Crippen LogP) is 5.65. The second-order valence-corrected chi connectivity index (χ2v) is 8.04. The Kier molecular flexibility index (Phi) is 3.44. The van der Waals surface area contributed by atoms with Crippen LogP contribution in [0.15, 0.2) is 66.7 Å². The Morgan fingerprint density at radius 1 is 0.966 bits per heavy atom. The number of halogens is 2. The Bertz CT molecular complexity index is 1290. The molecule has 3 heterocycles. The first kappa shape index (κ1) is 16.8. The summed E-state index contributed by atoms with van der Waals surface area (Å²) in [5.74, 6) is -0.710. The van der Waals surface area contributed by atoms with Crippen LogP contribution in [0.3, 0.4) is 0 Å². The largest absolute Gasteiger partial charge is 0.356 e. The van der Waals surface area contributed by atoms with Crippen molar-refractivity contribution < 1.29 is 9.18 Å². The van der Waals surface area contributed by atoms with Gasteiger partial charge in [-0.15, -0.1) is 0 Å². The van der Waals surface area contributed by atoms with Crippen LogP contribution in [0.5, 0.6) is 0 Å². The van der Waals surface area contributed by atoms with Crippen molar-refractivity contribution in [2.45, 2.75) is 12.0 Å². The molecule has 29 heavy (non-hydrogen) atoms. The lowest BCUT2D eigenvalue weighted by Gasteiger charge is -2.36. The van der Waals surface area contributed by atoms with Crippen molar-refractivity contribution in [2.24, 2.45) is 0 Å². The van der Waals surface area contributed by atoms with Crippen molar-refractivity contribution in [3.05, 3.63) is 106 Å². The van der Waals surface area contributed by atoms with Crippen LogP contribution < -0.4 is 0 Å². The summed E-state index contributed by atoms with van der Waals surface area (Å²) < 4.78 is 14.9. The maximum Gasteiger partial charge on any atom is 0.255 e. The molecule has 1 amide bonds. The van der Waals surface area contributed by atoms with E-state index in [1.54, 1.807) is 12.1 Å². The summed E-state index contributed by atoms with van der Waals surface area (Å²) in [5, 5.41) is 1.43. The number of carbonyl (C=O) groups excluding carboxylic acids is 1. The number of rotatable bonds is 1. The molecule has 0 unspecified atom stereocenters. The van der Waals surface area contributed by atoms with Crippen molar-refractivity contribution in [1.29, 1.82) is 0 Å². The number of aromatic amines is 1. The number of aromatic nitrogens is 1. The number of benzene rings is 3. The topological polar surface area (TPSA) is 36.1 Å². The molecular formula is C24H16ClFN2O. The van der Waals surface area contributed by atoms with Gasteiger partial charge in [0.2, 0.25) is 0 Å². The lowest BCUT2D eigenvalue weighted by atomic mass is 9.82. The summed E-state index contributed by atoms with van der Waals surface area (Å²) in [6.45, 7) is 0.383. The second-order valence-electron chi connectivity index (χ2n) is 7.63. The van der Waals surface area contributed by atoms with Gasteiger partial charge in [-0.25, -0.2) is 4.39 Å². The number of H-pyrrole nitrogens is 1. The molecule has 1 aromatic heterocycles. The Morgan fingerprint density at radius 2 is 1.76 bits per heavy atom. The second kappa shape index (κ2) is 5.94. The van der Waals surface area contributed by atoms with Crippen LogP contribution >= 0.6 is 11.6 Å². The van der Waals surface area contributed by atoms with E-state index < -0.39 is 0 Å². The van der Waals surface area contributed by atoms with Gasteiger partial charge in [-0.3, -0.25) is 4.79 Å². The first-order chi connectivity index (χ1) is 14.1. The number of amides is 1. The number of hydrogen-bond donors (Lipinski definition) is 1. The molecule has 2 aliphatic rings. The van der Waals surface area contributed by atoms with E-state index in [4.69, 9.17) is 11.6 Å². The van der Waals surface area contributed by atoms with Gasteiger partial charge in [0.1, 0.15) is 5.82 Å². The van der Waals surface area contributed by atoms with E-state index in [1.165, 1.54) is 6.07 Å². The smallest absolute Gasteiger partial charge is 0.255 e. The van der Waals surface area contributed by atoms with E-state index in [0.29, 0.717) is 22.7 Å². The highest BCUT2D eigenvalue weighted by molar-refractivity contribution is 6.31. The first-order valence-electron chi connectivity index (χ1n) is 9.59. The predicted molar refractivity (Wildman–Crippen MR) is 111 cm³/mol. The van der Waals surface area contributed by atoms with Gasteiger partial charge in [-0.1, -0.05) is 54.1 Å². The Labute approximate surface area is 171 Å². The fourth-order valence-electron chi connectivity index (χ4n) is 5.01. The zero-order valence-corrected chi connectivity index (χ0v) is 16.1. The molecule has 0 radical (unpaired) electrons. The third-order valence-corrected chi connectivity index (χ3v) is 6.51. The Hall–Kier alpha value is -3.11. The summed E-state index contributed by atoms with van der Waals surface area (Å²) in [5.41, 5.74) is 5.10. The monoisotopic (exact) mass is 402 g/mol. The normalized spacial score (nSPS) is 19.9. The van der Waals surface area contributed by atoms with Crippen LogP contribution in [0.4, 0.5) is 4.39 Å². The average Bonchev–Trinajstić information content (AvgIpc) is 3.24. The summed E-state index contributed by atoms with van der Waals surface area (Å²) in [6, 6.07) is 20.3. The minimum atomic E-state index is -0.346. The van der Waals surface area contributed by atoms with E-state index >= 15 is 0 Å². The molecular weight excluding hydrogens is 387 g/mol. The summed E-state index contributed by atoms with van der Waals surface area (Å²) in [7, 11) is 0. The Balaban J connectivity index is 1.67. The van der Waals surface area contributed by atoms with Crippen LogP contribution in [0.2, 0.25) is 5.02 Å². The van der Waals surface area contributed by atoms with Gasteiger partial charge in [-0.05, 0) is 35.4 Å². The number of carbonyl (C=O) groups is 1. The molecule has 2 aliphatic heterocycles. The molecule has 6 rings (SSSR count). The van der Waals surface area contributed by atoms with E-state index in [-0.39, 0.29) is 23.7 Å². The van der Waals surface area contributed by atoms with E-state index in [0.717, 1.165) is 27.7 Å². The molecule has 0 spiro atoms. The number of nitrogens with one attached hydrogen (secondary N) is 1. The standard InChI is InChI=1S/C24H16ClFN2O/c25-17-9-5-10-18(26)21(17)16-12-28-23(13-6-1-2-7-14(13)24(28)29)22-20(16)15-8-3-4-11-19(15)27-22/h1-11,16,23,27H,12H2/t16-,23+/m1/s1. The highest BCUT2D eigenvalue weighted by Gasteiger charge is 2.46. The minimum Gasteiger partial charge on any atom is -0.356 e. The van der Waals surface area contributed by atoms with E-state index in [2.05, 4.69) is 4.98 Å². The van der Waals surface area contributed by atoms with Crippen LogP contribution in [0.25, 0.3) is 10.9 Å². The highest BCUT2D eigenvalue weighted by Crippen LogP contribution is 2.50. The van der Waals surface area contributed by atoms with Crippen molar-refractivity contribution >= 4 is 28.4 Å². The highest BCUT2D eigenvalue weighted by atomic mass is 35.5. The maximum absolute atomic E-state index is 14.9.